The number of sulfonamides is 1. The standard InChI is InChI=1S/C18H18FIN2O3S/c19-16-6-1-2-7-17(16)26(24,25)22-10-8-13(9-11-22)18(23)21-15-5-3-4-14(20)12-15/h1-7,12-13H,8-11H2,(H,21,23). The lowest BCUT2D eigenvalue weighted by Gasteiger charge is -2.30. The van der Waals surface area contributed by atoms with E-state index in [2.05, 4.69) is 27.9 Å². The molecule has 0 unspecified atom stereocenters. The van der Waals surface area contributed by atoms with Gasteiger partial charge in [0.15, 0.2) is 0 Å². The van der Waals surface area contributed by atoms with Crippen molar-refractivity contribution < 1.29 is 17.6 Å². The SMILES string of the molecule is O=C(Nc1cccc(I)c1)C1CCN(S(=O)(=O)c2ccccc2F)CC1. The molecule has 0 atom stereocenters. The van der Waals surface area contributed by atoms with Crippen molar-refractivity contribution in [3.8, 4) is 0 Å². The Bertz CT molecular complexity index is 912. The van der Waals surface area contributed by atoms with Crippen molar-refractivity contribution in [3.05, 3.63) is 57.9 Å². The van der Waals surface area contributed by atoms with E-state index in [4.69, 9.17) is 0 Å². The van der Waals surface area contributed by atoms with Crippen molar-refractivity contribution in [1.82, 2.24) is 4.31 Å². The lowest BCUT2D eigenvalue weighted by Crippen LogP contribution is -2.41. The van der Waals surface area contributed by atoms with E-state index < -0.39 is 15.8 Å². The van der Waals surface area contributed by atoms with E-state index in [9.17, 15) is 17.6 Å². The topological polar surface area (TPSA) is 66.5 Å². The molecule has 5 nitrogen and oxygen atoms in total. The van der Waals surface area contributed by atoms with Crippen molar-refractivity contribution in [2.24, 2.45) is 5.92 Å². The highest BCUT2D eigenvalue weighted by molar-refractivity contribution is 14.1. The maximum absolute atomic E-state index is 13.8. The van der Waals surface area contributed by atoms with Gasteiger partial charge < -0.3 is 5.32 Å². The van der Waals surface area contributed by atoms with E-state index in [0.29, 0.717) is 12.8 Å². The summed E-state index contributed by atoms with van der Waals surface area (Å²) >= 11 is 2.17. The first-order valence-electron chi connectivity index (χ1n) is 8.19. The van der Waals surface area contributed by atoms with Gasteiger partial charge in [-0.05, 0) is 65.8 Å². The fourth-order valence-corrected chi connectivity index (χ4v) is 5.04. The Morgan fingerprint density at radius 3 is 2.46 bits per heavy atom. The summed E-state index contributed by atoms with van der Waals surface area (Å²) < 4.78 is 41.3. The number of rotatable bonds is 4. The molecule has 0 aromatic heterocycles. The highest BCUT2D eigenvalue weighted by Crippen LogP contribution is 2.26. The third kappa shape index (κ3) is 4.24. The van der Waals surface area contributed by atoms with E-state index >= 15 is 0 Å². The van der Waals surface area contributed by atoms with Gasteiger partial charge in [0, 0.05) is 28.3 Å². The van der Waals surface area contributed by atoms with Crippen LogP contribution in [-0.2, 0) is 14.8 Å². The number of nitrogens with zero attached hydrogens (tertiary/aromatic N) is 1. The molecule has 0 saturated carbocycles. The summed E-state index contributed by atoms with van der Waals surface area (Å²) in [5.74, 6) is -1.14. The maximum atomic E-state index is 13.8. The van der Waals surface area contributed by atoms with E-state index in [1.165, 1.54) is 22.5 Å². The minimum atomic E-state index is -3.88. The molecule has 1 heterocycles. The lowest BCUT2D eigenvalue weighted by atomic mass is 9.97. The van der Waals surface area contributed by atoms with Crippen molar-refractivity contribution >= 4 is 44.2 Å². The number of halogens is 2. The molecule has 1 N–H and O–H groups in total. The summed E-state index contributed by atoms with van der Waals surface area (Å²) in [7, 11) is -3.88. The predicted octanol–water partition coefficient (Wildman–Crippen LogP) is 3.47. The van der Waals surface area contributed by atoms with Crippen LogP contribution < -0.4 is 5.32 Å². The summed E-state index contributed by atoms with van der Waals surface area (Å²) in [6.07, 6.45) is 0.812. The molecule has 138 valence electrons. The number of benzene rings is 2. The molecule has 0 aliphatic carbocycles. The fraction of sp³-hybridized carbons (Fsp3) is 0.278. The van der Waals surface area contributed by atoms with Gasteiger partial charge in [-0.1, -0.05) is 18.2 Å². The highest BCUT2D eigenvalue weighted by Gasteiger charge is 2.33. The molecular formula is C18H18FIN2O3S. The first kappa shape index (κ1) is 19.2. The molecule has 2 aromatic carbocycles. The second-order valence-electron chi connectivity index (χ2n) is 6.11. The molecule has 1 amide bonds. The molecule has 3 rings (SSSR count). The molecule has 0 radical (unpaired) electrons. The number of hydrogen-bond acceptors (Lipinski definition) is 3. The van der Waals surface area contributed by atoms with Gasteiger partial charge in [-0.3, -0.25) is 4.79 Å². The molecule has 2 aromatic rings. The van der Waals surface area contributed by atoms with Gasteiger partial charge in [0.25, 0.3) is 0 Å². The molecule has 1 saturated heterocycles. The van der Waals surface area contributed by atoms with Crippen LogP contribution in [0.3, 0.4) is 0 Å². The van der Waals surface area contributed by atoms with Crippen LogP contribution in [0, 0.1) is 15.3 Å². The Morgan fingerprint density at radius 1 is 1.12 bits per heavy atom. The Balaban J connectivity index is 1.64. The Kier molecular flexibility index (Phi) is 5.93. The largest absolute Gasteiger partial charge is 0.326 e. The second kappa shape index (κ2) is 8.01. The van der Waals surface area contributed by atoms with Gasteiger partial charge in [0.05, 0.1) is 0 Å². The van der Waals surface area contributed by atoms with Crippen LogP contribution in [0.4, 0.5) is 10.1 Å². The number of amides is 1. The number of carbonyl (C=O) groups excluding carboxylic acids is 1. The van der Waals surface area contributed by atoms with Crippen LogP contribution in [0.15, 0.2) is 53.4 Å². The van der Waals surface area contributed by atoms with Crippen LogP contribution in [0.5, 0.6) is 0 Å². The summed E-state index contributed by atoms with van der Waals surface area (Å²) in [4.78, 5) is 12.1. The van der Waals surface area contributed by atoms with E-state index in [0.717, 1.165) is 15.3 Å². The minimum Gasteiger partial charge on any atom is -0.326 e. The average Bonchev–Trinajstić information content (AvgIpc) is 2.62. The average molecular weight is 488 g/mol. The molecular weight excluding hydrogens is 470 g/mol. The minimum absolute atomic E-state index is 0.116. The number of anilines is 1. The molecule has 26 heavy (non-hydrogen) atoms. The third-order valence-electron chi connectivity index (χ3n) is 4.37. The fourth-order valence-electron chi connectivity index (χ4n) is 2.96. The third-order valence-corrected chi connectivity index (χ3v) is 6.97. The Labute approximate surface area is 165 Å². The van der Waals surface area contributed by atoms with Gasteiger partial charge in [0.1, 0.15) is 10.7 Å². The van der Waals surface area contributed by atoms with E-state index in [1.54, 1.807) is 0 Å². The Morgan fingerprint density at radius 2 is 1.81 bits per heavy atom. The number of nitrogens with one attached hydrogen (secondary N) is 1. The van der Waals surface area contributed by atoms with Gasteiger partial charge in [0.2, 0.25) is 15.9 Å². The quantitative estimate of drug-likeness (QED) is 0.671. The van der Waals surface area contributed by atoms with Crippen molar-refractivity contribution in [1.29, 1.82) is 0 Å². The van der Waals surface area contributed by atoms with Crippen LogP contribution in [0.1, 0.15) is 12.8 Å². The van der Waals surface area contributed by atoms with Crippen molar-refractivity contribution in [2.45, 2.75) is 17.7 Å². The van der Waals surface area contributed by atoms with Crippen molar-refractivity contribution in [2.75, 3.05) is 18.4 Å². The van der Waals surface area contributed by atoms with Crippen LogP contribution in [0.25, 0.3) is 0 Å². The first-order valence-corrected chi connectivity index (χ1v) is 10.7. The normalized spacial score (nSPS) is 16.4. The summed E-state index contributed by atoms with van der Waals surface area (Å²) in [5, 5.41) is 2.88. The monoisotopic (exact) mass is 488 g/mol. The molecule has 1 aliphatic heterocycles. The van der Waals surface area contributed by atoms with Crippen LogP contribution >= 0.6 is 22.6 Å². The molecule has 1 aliphatic rings. The van der Waals surface area contributed by atoms with Gasteiger partial charge in [-0.25, -0.2) is 12.8 Å². The first-order chi connectivity index (χ1) is 12.4. The second-order valence-corrected chi connectivity index (χ2v) is 9.26. The zero-order valence-electron chi connectivity index (χ0n) is 13.9. The smallest absolute Gasteiger partial charge is 0.245 e. The predicted molar refractivity (Wildman–Crippen MR) is 106 cm³/mol. The summed E-state index contributed by atoms with van der Waals surface area (Å²) in [6, 6.07) is 12.8. The molecule has 8 heteroatoms. The molecule has 0 spiro atoms. The highest BCUT2D eigenvalue weighted by atomic mass is 127. The van der Waals surface area contributed by atoms with Gasteiger partial charge >= 0.3 is 0 Å². The Hall–Kier alpha value is -1.52. The zero-order valence-corrected chi connectivity index (χ0v) is 16.8. The maximum Gasteiger partial charge on any atom is 0.245 e. The van der Waals surface area contributed by atoms with Crippen LogP contribution in [-0.4, -0.2) is 31.7 Å². The lowest BCUT2D eigenvalue weighted by molar-refractivity contribution is -0.120. The molecule has 0 bridgehead atoms. The number of piperidine rings is 1. The van der Waals surface area contributed by atoms with Gasteiger partial charge in [-0.15, -0.1) is 0 Å². The summed E-state index contributed by atoms with van der Waals surface area (Å²) in [5.41, 5.74) is 0.725. The van der Waals surface area contributed by atoms with E-state index in [1.807, 2.05) is 24.3 Å². The van der Waals surface area contributed by atoms with Crippen molar-refractivity contribution in [3.63, 3.8) is 0 Å². The zero-order chi connectivity index (χ0) is 18.7. The summed E-state index contributed by atoms with van der Waals surface area (Å²) in [6.45, 7) is 0.391. The number of hydrogen-bond donors (Lipinski definition) is 1. The van der Waals surface area contributed by atoms with Gasteiger partial charge in [-0.2, -0.15) is 4.31 Å². The number of carbonyl (C=O) groups is 1. The molecule has 1 fully saturated rings. The van der Waals surface area contributed by atoms with E-state index in [-0.39, 0.29) is 29.8 Å². The van der Waals surface area contributed by atoms with Crippen LogP contribution in [0.2, 0.25) is 0 Å².